The van der Waals surface area contributed by atoms with E-state index in [0.29, 0.717) is 0 Å². The standard InChI is InChI=1S/C15H21N/c1-2-7-15(12-8-9-12)13(5-1)11-14-6-3-4-10-16-14/h1-2,5,7,12,14,16H,3-4,6,8-11H2. The summed E-state index contributed by atoms with van der Waals surface area (Å²) in [7, 11) is 0. The van der Waals surface area contributed by atoms with Crippen molar-refractivity contribution in [2.24, 2.45) is 0 Å². The molecule has 0 radical (unpaired) electrons. The second-order valence-electron chi connectivity index (χ2n) is 5.32. The Kier molecular flexibility index (Phi) is 2.96. The molecule has 1 aliphatic carbocycles. The van der Waals surface area contributed by atoms with Crippen molar-refractivity contribution in [3.8, 4) is 0 Å². The molecule has 1 heteroatoms. The maximum Gasteiger partial charge on any atom is 0.0108 e. The summed E-state index contributed by atoms with van der Waals surface area (Å²) in [6.07, 6.45) is 8.19. The van der Waals surface area contributed by atoms with Gasteiger partial charge in [-0.1, -0.05) is 30.7 Å². The predicted octanol–water partition coefficient (Wildman–Crippen LogP) is 3.25. The van der Waals surface area contributed by atoms with Gasteiger partial charge in [-0.3, -0.25) is 0 Å². The van der Waals surface area contributed by atoms with Crippen molar-refractivity contribution in [3.05, 3.63) is 35.4 Å². The number of nitrogens with one attached hydrogen (secondary N) is 1. The Hall–Kier alpha value is -0.820. The highest BCUT2D eigenvalue weighted by atomic mass is 14.9. The van der Waals surface area contributed by atoms with E-state index in [0.717, 1.165) is 12.0 Å². The fourth-order valence-corrected chi connectivity index (χ4v) is 2.88. The molecule has 0 aromatic heterocycles. The third-order valence-electron chi connectivity index (χ3n) is 3.95. The lowest BCUT2D eigenvalue weighted by Gasteiger charge is -2.24. The smallest absolute Gasteiger partial charge is 0.0108 e. The SMILES string of the molecule is c1ccc(C2CC2)c(CC2CCCCN2)c1. The summed E-state index contributed by atoms with van der Waals surface area (Å²) in [5, 5.41) is 3.65. The van der Waals surface area contributed by atoms with Gasteiger partial charge < -0.3 is 5.32 Å². The maximum absolute atomic E-state index is 3.65. The van der Waals surface area contributed by atoms with Crippen molar-refractivity contribution in [2.75, 3.05) is 6.54 Å². The zero-order valence-electron chi connectivity index (χ0n) is 9.91. The van der Waals surface area contributed by atoms with Crippen LogP contribution in [0.1, 0.15) is 49.1 Å². The van der Waals surface area contributed by atoms with Gasteiger partial charge >= 0.3 is 0 Å². The summed E-state index contributed by atoms with van der Waals surface area (Å²) in [5.41, 5.74) is 3.24. The number of hydrogen-bond acceptors (Lipinski definition) is 1. The van der Waals surface area contributed by atoms with E-state index in [1.54, 1.807) is 11.1 Å². The zero-order chi connectivity index (χ0) is 10.8. The third-order valence-corrected chi connectivity index (χ3v) is 3.95. The molecule has 1 aromatic rings. The first-order valence-corrected chi connectivity index (χ1v) is 6.74. The van der Waals surface area contributed by atoms with Crippen molar-refractivity contribution >= 4 is 0 Å². The molecule has 16 heavy (non-hydrogen) atoms. The van der Waals surface area contributed by atoms with Crippen molar-refractivity contribution in [3.63, 3.8) is 0 Å². The largest absolute Gasteiger partial charge is 0.314 e. The van der Waals surface area contributed by atoms with Gasteiger partial charge in [0, 0.05) is 6.04 Å². The minimum absolute atomic E-state index is 0.730. The fourth-order valence-electron chi connectivity index (χ4n) is 2.88. The van der Waals surface area contributed by atoms with Crippen LogP contribution in [0.4, 0.5) is 0 Å². The Morgan fingerprint density at radius 1 is 1.06 bits per heavy atom. The first-order chi connectivity index (χ1) is 7.93. The van der Waals surface area contributed by atoms with Gasteiger partial charge in [0.2, 0.25) is 0 Å². The normalized spacial score (nSPS) is 25.6. The Morgan fingerprint density at radius 2 is 1.94 bits per heavy atom. The van der Waals surface area contributed by atoms with Crippen LogP contribution in [0.25, 0.3) is 0 Å². The number of piperidine rings is 1. The maximum atomic E-state index is 3.65. The van der Waals surface area contributed by atoms with Crippen molar-refractivity contribution in [1.29, 1.82) is 0 Å². The van der Waals surface area contributed by atoms with Crippen LogP contribution < -0.4 is 5.32 Å². The summed E-state index contributed by atoms with van der Waals surface area (Å²) in [6, 6.07) is 9.81. The molecule has 1 nitrogen and oxygen atoms in total. The van der Waals surface area contributed by atoms with Crippen molar-refractivity contribution < 1.29 is 0 Å². The van der Waals surface area contributed by atoms with E-state index in [9.17, 15) is 0 Å². The summed E-state index contributed by atoms with van der Waals surface area (Å²) in [6.45, 7) is 1.22. The van der Waals surface area contributed by atoms with Crippen LogP contribution in [0, 0.1) is 0 Å². The lowest BCUT2D eigenvalue weighted by atomic mass is 9.93. The van der Waals surface area contributed by atoms with Gasteiger partial charge in [-0.2, -0.15) is 0 Å². The Bertz CT molecular complexity index is 348. The van der Waals surface area contributed by atoms with E-state index in [-0.39, 0.29) is 0 Å². The van der Waals surface area contributed by atoms with Gasteiger partial charge in [-0.25, -0.2) is 0 Å². The molecular weight excluding hydrogens is 194 g/mol. The quantitative estimate of drug-likeness (QED) is 0.816. The molecule has 1 saturated carbocycles. The zero-order valence-corrected chi connectivity index (χ0v) is 9.91. The van der Waals surface area contributed by atoms with E-state index in [2.05, 4.69) is 29.6 Å². The van der Waals surface area contributed by atoms with E-state index < -0.39 is 0 Å². The highest BCUT2D eigenvalue weighted by Crippen LogP contribution is 2.41. The molecule has 1 saturated heterocycles. The molecular formula is C15H21N. The highest BCUT2D eigenvalue weighted by Gasteiger charge is 2.26. The molecule has 0 spiro atoms. The van der Waals surface area contributed by atoms with Crippen LogP contribution in [0.15, 0.2) is 24.3 Å². The second-order valence-corrected chi connectivity index (χ2v) is 5.32. The Labute approximate surface area is 98.3 Å². The van der Waals surface area contributed by atoms with E-state index in [4.69, 9.17) is 0 Å². The molecule has 1 aliphatic heterocycles. The van der Waals surface area contributed by atoms with Crippen molar-refractivity contribution in [1.82, 2.24) is 5.32 Å². The highest BCUT2D eigenvalue weighted by molar-refractivity contribution is 5.33. The average molecular weight is 215 g/mol. The molecule has 1 heterocycles. The van der Waals surface area contributed by atoms with E-state index in [1.807, 2.05) is 0 Å². The lowest BCUT2D eigenvalue weighted by Crippen LogP contribution is -2.35. The third kappa shape index (κ3) is 2.30. The molecule has 0 amide bonds. The number of hydrogen-bond donors (Lipinski definition) is 1. The van der Waals surface area contributed by atoms with Crippen LogP contribution in [-0.4, -0.2) is 12.6 Å². The van der Waals surface area contributed by atoms with Gasteiger partial charge in [0.25, 0.3) is 0 Å². The monoisotopic (exact) mass is 215 g/mol. The van der Waals surface area contributed by atoms with E-state index >= 15 is 0 Å². The summed E-state index contributed by atoms with van der Waals surface area (Å²) >= 11 is 0. The molecule has 2 fully saturated rings. The molecule has 86 valence electrons. The molecule has 0 bridgehead atoms. The molecule has 3 rings (SSSR count). The van der Waals surface area contributed by atoms with Gasteiger partial charge in [-0.05, 0) is 55.7 Å². The first kappa shape index (κ1) is 10.3. The van der Waals surface area contributed by atoms with Crippen LogP contribution in [-0.2, 0) is 6.42 Å². The summed E-state index contributed by atoms with van der Waals surface area (Å²) in [4.78, 5) is 0. The minimum Gasteiger partial charge on any atom is -0.314 e. The molecule has 1 N–H and O–H groups in total. The second kappa shape index (κ2) is 4.58. The topological polar surface area (TPSA) is 12.0 Å². The molecule has 2 aliphatic rings. The summed E-state index contributed by atoms with van der Waals surface area (Å²) in [5.74, 6) is 0.889. The number of benzene rings is 1. The first-order valence-electron chi connectivity index (χ1n) is 6.74. The Morgan fingerprint density at radius 3 is 2.69 bits per heavy atom. The lowest BCUT2D eigenvalue weighted by molar-refractivity contribution is 0.399. The van der Waals surface area contributed by atoms with Crippen LogP contribution in [0.2, 0.25) is 0 Å². The van der Waals surface area contributed by atoms with Crippen LogP contribution in [0.3, 0.4) is 0 Å². The summed E-state index contributed by atoms with van der Waals surface area (Å²) < 4.78 is 0. The minimum atomic E-state index is 0.730. The number of rotatable bonds is 3. The van der Waals surface area contributed by atoms with E-state index in [1.165, 1.54) is 45.1 Å². The van der Waals surface area contributed by atoms with Crippen molar-refractivity contribution in [2.45, 2.75) is 50.5 Å². The molecule has 1 unspecified atom stereocenters. The molecule has 1 atom stereocenters. The van der Waals surface area contributed by atoms with Gasteiger partial charge in [0.05, 0.1) is 0 Å². The van der Waals surface area contributed by atoms with Crippen LogP contribution in [0.5, 0.6) is 0 Å². The Balaban J connectivity index is 1.72. The van der Waals surface area contributed by atoms with Gasteiger partial charge in [0.1, 0.15) is 0 Å². The van der Waals surface area contributed by atoms with Gasteiger partial charge in [0.15, 0.2) is 0 Å². The molecule has 1 aromatic carbocycles. The van der Waals surface area contributed by atoms with Crippen LogP contribution >= 0.6 is 0 Å². The average Bonchev–Trinajstić information content (AvgIpc) is 3.15. The predicted molar refractivity (Wildman–Crippen MR) is 67.8 cm³/mol. The fraction of sp³-hybridized carbons (Fsp3) is 0.600. The van der Waals surface area contributed by atoms with Gasteiger partial charge in [-0.15, -0.1) is 0 Å².